The number of nitrogens with zero attached hydrogens (tertiary/aromatic N) is 1. The summed E-state index contributed by atoms with van der Waals surface area (Å²) >= 11 is 0. The maximum atomic E-state index is 10.7. The first kappa shape index (κ1) is 15.4. The van der Waals surface area contributed by atoms with Crippen LogP contribution in [-0.2, 0) is 11.3 Å². The van der Waals surface area contributed by atoms with Crippen LogP contribution in [0.3, 0.4) is 0 Å². The van der Waals surface area contributed by atoms with E-state index in [0.29, 0.717) is 12.3 Å². The Kier molecular flexibility index (Phi) is 5.30. The number of nitrogens with one attached hydrogen (secondary N) is 1. The minimum absolute atomic E-state index is 0.00984. The molecule has 0 fully saturated rings. The Labute approximate surface area is 114 Å². The summed E-state index contributed by atoms with van der Waals surface area (Å²) in [5.74, 6) is 0.332. The lowest BCUT2D eigenvalue weighted by atomic mass is 10.1. The Morgan fingerprint density at radius 2 is 2.11 bits per heavy atom. The predicted molar refractivity (Wildman–Crippen MR) is 74.9 cm³/mol. The molecule has 3 N–H and O–H groups in total. The van der Waals surface area contributed by atoms with Gasteiger partial charge in [0.15, 0.2) is 0 Å². The van der Waals surface area contributed by atoms with Gasteiger partial charge in [-0.1, -0.05) is 0 Å². The van der Waals surface area contributed by atoms with Gasteiger partial charge in [0.2, 0.25) is 5.91 Å². The molecule has 0 aliphatic carbocycles. The molecular formula is C14H23N3O2. The summed E-state index contributed by atoms with van der Waals surface area (Å²) in [5, 5.41) is 3.37. The largest absolute Gasteiger partial charge is 0.491 e. The van der Waals surface area contributed by atoms with E-state index in [9.17, 15) is 4.79 Å². The smallest absolute Gasteiger partial charge is 0.220 e. The van der Waals surface area contributed by atoms with Crippen molar-refractivity contribution >= 4 is 5.91 Å². The zero-order valence-electron chi connectivity index (χ0n) is 12.1. The minimum Gasteiger partial charge on any atom is -0.491 e. The Morgan fingerprint density at radius 3 is 2.68 bits per heavy atom. The van der Waals surface area contributed by atoms with Gasteiger partial charge in [-0.25, -0.2) is 0 Å². The number of pyridine rings is 1. The van der Waals surface area contributed by atoms with Gasteiger partial charge in [-0.05, 0) is 39.8 Å². The summed E-state index contributed by atoms with van der Waals surface area (Å²) in [6.45, 7) is 9.12. The van der Waals surface area contributed by atoms with Gasteiger partial charge in [-0.15, -0.1) is 0 Å². The van der Waals surface area contributed by atoms with E-state index in [-0.39, 0.29) is 24.5 Å². The van der Waals surface area contributed by atoms with E-state index >= 15 is 0 Å². The molecule has 0 spiro atoms. The Morgan fingerprint density at radius 1 is 1.42 bits per heavy atom. The van der Waals surface area contributed by atoms with E-state index in [1.165, 1.54) is 0 Å². The number of amides is 1. The van der Waals surface area contributed by atoms with Crippen molar-refractivity contribution in [2.75, 3.05) is 6.61 Å². The van der Waals surface area contributed by atoms with E-state index < -0.39 is 0 Å². The third-order valence-corrected chi connectivity index (χ3v) is 2.46. The molecule has 1 aromatic rings. The number of nitrogens with two attached hydrogens (primary N) is 1. The number of aromatic nitrogens is 1. The summed E-state index contributed by atoms with van der Waals surface area (Å²) in [5.41, 5.74) is 6.88. The highest BCUT2D eigenvalue weighted by Gasteiger charge is 2.12. The highest BCUT2D eigenvalue weighted by molar-refractivity contribution is 5.73. The second kappa shape index (κ2) is 6.52. The van der Waals surface area contributed by atoms with E-state index in [0.717, 1.165) is 11.4 Å². The minimum atomic E-state index is -0.366. The van der Waals surface area contributed by atoms with Crippen LogP contribution in [-0.4, -0.2) is 23.0 Å². The van der Waals surface area contributed by atoms with Crippen molar-refractivity contribution in [3.8, 4) is 5.75 Å². The molecule has 0 unspecified atom stereocenters. The standard InChI is InChI=1S/C14H23N3O2/c1-10-5-6-12(19-8-7-13(15)18)11(17-10)9-16-14(2,3)4/h5-6,16H,7-9H2,1-4H3,(H2,15,18). The Balaban J connectivity index is 2.71. The highest BCUT2D eigenvalue weighted by Crippen LogP contribution is 2.18. The van der Waals surface area contributed by atoms with Gasteiger partial charge in [-0.3, -0.25) is 9.78 Å². The van der Waals surface area contributed by atoms with Crippen molar-refractivity contribution in [2.45, 2.75) is 46.2 Å². The number of hydrogen-bond acceptors (Lipinski definition) is 4. The fourth-order valence-corrected chi connectivity index (χ4v) is 1.47. The lowest BCUT2D eigenvalue weighted by molar-refractivity contribution is -0.118. The first-order valence-corrected chi connectivity index (χ1v) is 6.40. The van der Waals surface area contributed by atoms with Crippen LogP contribution < -0.4 is 15.8 Å². The summed E-state index contributed by atoms with van der Waals surface area (Å²) in [6.07, 6.45) is 0.208. The van der Waals surface area contributed by atoms with Crippen molar-refractivity contribution < 1.29 is 9.53 Å². The van der Waals surface area contributed by atoms with Crippen molar-refractivity contribution in [3.63, 3.8) is 0 Å². The van der Waals surface area contributed by atoms with Crippen LogP contribution in [0.25, 0.3) is 0 Å². The second-order valence-electron chi connectivity index (χ2n) is 5.57. The molecule has 0 bridgehead atoms. The SMILES string of the molecule is Cc1ccc(OCCC(N)=O)c(CNC(C)(C)C)n1. The van der Waals surface area contributed by atoms with Crippen molar-refractivity contribution in [3.05, 3.63) is 23.5 Å². The monoisotopic (exact) mass is 265 g/mol. The number of carbonyl (C=O) groups is 1. The topological polar surface area (TPSA) is 77.2 Å². The molecule has 0 atom stereocenters. The maximum Gasteiger partial charge on any atom is 0.220 e. The summed E-state index contributed by atoms with van der Waals surface area (Å²) in [6, 6.07) is 3.77. The lowest BCUT2D eigenvalue weighted by Gasteiger charge is -2.21. The normalized spacial score (nSPS) is 11.4. The first-order valence-electron chi connectivity index (χ1n) is 6.40. The molecule has 0 saturated heterocycles. The number of hydrogen-bond donors (Lipinski definition) is 2. The van der Waals surface area contributed by atoms with Crippen LogP contribution in [0, 0.1) is 6.92 Å². The number of primary amides is 1. The fraction of sp³-hybridized carbons (Fsp3) is 0.571. The molecule has 1 aromatic heterocycles. The molecule has 0 radical (unpaired) electrons. The Hall–Kier alpha value is -1.62. The van der Waals surface area contributed by atoms with E-state index in [2.05, 4.69) is 31.1 Å². The molecule has 0 aliphatic rings. The van der Waals surface area contributed by atoms with Crippen LogP contribution in [0.2, 0.25) is 0 Å². The summed E-state index contributed by atoms with van der Waals surface area (Å²) in [7, 11) is 0. The first-order chi connectivity index (χ1) is 8.78. The molecule has 5 heteroatoms. The molecule has 1 amide bonds. The number of carbonyl (C=O) groups excluding carboxylic acids is 1. The third-order valence-electron chi connectivity index (χ3n) is 2.46. The molecule has 1 rings (SSSR count). The van der Waals surface area contributed by atoms with Crippen LogP contribution in [0.15, 0.2) is 12.1 Å². The molecule has 5 nitrogen and oxygen atoms in total. The van der Waals surface area contributed by atoms with Crippen molar-refractivity contribution in [1.29, 1.82) is 0 Å². The van der Waals surface area contributed by atoms with Crippen LogP contribution >= 0.6 is 0 Å². The van der Waals surface area contributed by atoms with E-state index in [4.69, 9.17) is 10.5 Å². The average molecular weight is 265 g/mol. The number of aryl methyl sites for hydroxylation is 1. The van der Waals surface area contributed by atoms with Crippen LogP contribution in [0.5, 0.6) is 5.75 Å². The van der Waals surface area contributed by atoms with Gasteiger partial charge in [0.1, 0.15) is 5.75 Å². The molecule has 1 heterocycles. The molecule has 0 saturated carbocycles. The Bertz CT molecular complexity index is 439. The zero-order valence-corrected chi connectivity index (χ0v) is 12.1. The molecule has 0 aliphatic heterocycles. The van der Waals surface area contributed by atoms with Crippen molar-refractivity contribution in [2.24, 2.45) is 5.73 Å². The molecule has 19 heavy (non-hydrogen) atoms. The predicted octanol–water partition coefficient (Wildman–Crippen LogP) is 1.53. The zero-order chi connectivity index (χ0) is 14.5. The van der Waals surface area contributed by atoms with Gasteiger partial charge in [0, 0.05) is 17.8 Å². The lowest BCUT2D eigenvalue weighted by Crippen LogP contribution is -2.35. The average Bonchev–Trinajstić information content (AvgIpc) is 2.27. The van der Waals surface area contributed by atoms with Gasteiger partial charge in [0.25, 0.3) is 0 Å². The maximum absolute atomic E-state index is 10.7. The van der Waals surface area contributed by atoms with Gasteiger partial charge >= 0.3 is 0 Å². The van der Waals surface area contributed by atoms with Crippen molar-refractivity contribution in [1.82, 2.24) is 10.3 Å². The van der Waals surface area contributed by atoms with E-state index in [1.807, 2.05) is 19.1 Å². The number of rotatable bonds is 6. The highest BCUT2D eigenvalue weighted by atomic mass is 16.5. The van der Waals surface area contributed by atoms with Crippen LogP contribution in [0.1, 0.15) is 38.6 Å². The fourth-order valence-electron chi connectivity index (χ4n) is 1.47. The summed E-state index contributed by atoms with van der Waals surface area (Å²) in [4.78, 5) is 15.2. The van der Waals surface area contributed by atoms with Gasteiger partial charge < -0.3 is 15.8 Å². The molecule has 0 aromatic carbocycles. The number of ether oxygens (including phenoxy) is 1. The molecule has 106 valence electrons. The second-order valence-corrected chi connectivity index (χ2v) is 5.57. The third kappa shape index (κ3) is 6.20. The summed E-state index contributed by atoms with van der Waals surface area (Å²) < 4.78 is 5.56. The van der Waals surface area contributed by atoms with Gasteiger partial charge in [-0.2, -0.15) is 0 Å². The molecular weight excluding hydrogens is 242 g/mol. The van der Waals surface area contributed by atoms with Gasteiger partial charge in [0.05, 0.1) is 18.7 Å². The quantitative estimate of drug-likeness (QED) is 0.817. The van der Waals surface area contributed by atoms with E-state index in [1.54, 1.807) is 0 Å². The van der Waals surface area contributed by atoms with Crippen LogP contribution in [0.4, 0.5) is 0 Å².